The quantitative estimate of drug-likeness (QED) is 0.920. The molecule has 2 fully saturated rings. The Morgan fingerprint density at radius 1 is 1.12 bits per heavy atom. The fourth-order valence-corrected chi connectivity index (χ4v) is 3.26. The Labute approximate surface area is 146 Å². The molecule has 0 aliphatic carbocycles. The first kappa shape index (κ1) is 16.2. The van der Waals surface area contributed by atoms with Crippen molar-refractivity contribution in [3.05, 3.63) is 47.9 Å². The molecule has 6 nitrogen and oxygen atoms in total. The Morgan fingerprint density at radius 2 is 1.88 bits per heavy atom. The maximum Gasteiger partial charge on any atom is 0.227 e. The second-order valence-electron chi connectivity index (χ2n) is 6.28. The van der Waals surface area contributed by atoms with E-state index < -0.39 is 5.79 Å². The number of halogens is 1. The molecule has 2 aliphatic rings. The minimum absolute atomic E-state index is 0.220. The van der Waals surface area contributed by atoms with Crippen LogP contribution >= 0.6 is 0 Å². The number of aromatic nitrogens is 2. The topological polar surface area (TPSA) is 59.5 Å². The van der Waals surface area contributed by atoms with Gasteiger partial charge in [-0.1, -0.05) is 18.2 Å². The van der Waals surface area contributed by atoms with E-state index in [1.165, 1.54) is 6.07 Å². The molecule has 0 bridgehead atoms. The van der Waals surface area contributed by atoms with Gasteiger partial charge in [-0.3, -0.25) is 0 Å². The van der Waals surface area contributed by atoms with E-state index in [1.54, 1.807) is 24.4 Å². The molecule has 1 aromatic heterocycles. The number of benzene rings is 1. The molecule has 3 heterocycles. The van der Waals surface area contributed by atoms with Crippen LogP contribution in [-0.2, 0) is 16.0 Å². The third kappa shape index (κ3) is 3.57. The highest BCUT2D eigenvalue weighted by Crippen LogP contribution is 2.32. The number of nitrogens with one attached hydrogen (secondary N) is 1. The lowest BCUT2D eigenvalue weighted by atomic mass is 10.0. The third-order valence-electron chi connectivity index (χ3n) is 4.68. The van der Waals surface area contributed by atoms with Crippen LogP contribution < -0.4 is 10.2 Å². The molecule has 0 atom stereocenters. The Hall–Kier alpha value is -2.25. The molecule has 0 unspecified atom stereocenters. The molecule has 7 heteroatoms. The van der Waals surface area contributed by atoms with Gasteiger partial charge in [-0.15, -0.1) is 0 Å². The van der Waals surface area contributed by atoms with Crippen molar-refractivity contribution < 1.29 is 13.9 Å². The van der Waals surface area contributed by atoms with Crippen LogP contribution in [0.1, 0.15) is 18.4 Å². The second kappa shape index (κ2) is 6.93. The highest BCUT2D eigenvalue weighted by Gasteiger charge is 2.40. The number of hydrogen-bond donors (Lipinski definition) is 1. The average Bonchev–Trinajstić information content (AvgIpc) is 3.10. The molecule has 0 radical (unpaired) electrons. The monoisotopic (exact) mass is 344 g/mol. The standard InChI is InChI=1S/C18H21FN4O2/c19-15-4-2-1-3-14(15)13-21-16-5-8-20-17(22-16)23-9-6-18(7-10-23)24-11-12-25-18/h1-5,8H,6-7,9-13H2,(H,20,21,22). The van der Waals surface area contributed by atoms with E-state index in [9.17, 15) is 4.39 Å². The lowest BCUT2D eigenvalue weighted by molar-refractivity contribution is -0.169. The molecule has 0 saturated carbocycles. The molecule has 1 aromatic carbocycles. The summed E-state index contributed by atoms with van der Waals surface area (Å²) in [4.78, 5) is 11.1. The average molecular weight is 344 g/mol. The predicted octanol–water partition coefficient (Wildman–Crippen LogP) is 2.57. The number of rotatable bonds is 4. The fraction of sp³-hybridized carbons (Fsp3) is 0.444. The highest BCUT2D eigenvalue weighted by atomic mass is 19.1. The van der Waals surface area contributed by atoms with Crippen LogP contribution in [0.25, 0.3) is 0 Å². The van der Waals surface area contributed by atoms with E-state index in [2.05, 4.69) is 20.2 Å². The van der Waals surface area contributed by atoms with Crippen molar-refractivity contribution >= 4 is 11.8 Å². The van der Waals surface area contributed by atoms with Crippen LogP contribution in [0.3, 0.4) is 0 Å². The van der Waals surface area contributed by atoms with Crippen LogP contribution in [0, 0.1) is 5.82 Å². The van der Waals surface area contributed by atoms with Gasteiger partial charge >= 0.3 is 0 Å². The van der Waals surface area contributed by atoms with Crippen molar-refractivity contribution in [3.8, 4) is 0 Å². The SMILES string of the molecule is Fc1ccccc1CNc1ccnc(N2CCC3(CC2)OCCO3)n1. The van der Waals surface area contributed by atoms with Gasteiger partial charge < -0.3 is 19.7 Å². The van der Waals surface area contributed by atoms with E-state index in [0.717, 1.165) is 25.9 Å². The van der Waals surface area contributed by atoms with Gasteiger partial charge in [-0.2, -0.15) is 4.98 Å². The minimum atomic E-state index is -0.406. The van der Waals surface area contributed by atoms with Crippen LogP contribution in [0.2, 0.25) is 0 Å². The number of anilines is 2. The minimum Gasteiger partial charge on any atom is -0.366 e. The van der Waals surface area contributed by atoms with Crippen molar-refractivity contribution in [1.29, 1.82) is 0 Å². The molecule has 1 spiro atoms. The van der Waals surface area contributed by atoms with E-state index in [1.807, 2.05) is 6.07 Å². The first-order valence-corrected chi connectivity index (χ1v) is 8.57. The van der Waals surface area contributed by atoms with Gasteiger partial charge in [-0.25, -0.2) is 9.37 Å². The molecule has 1 N–H and O–H groups in total. The van der Waals surface area contributed by atoms with Gasteiger partial charge in [0, 0.05) is 44.2 Å². The number of nitrogens with zero attached hydrogens (tertiary/aromatic N) is 3. The molecule has 2 aromatic rings. The van der Waals surface area contributed by atoms with Crippen molar-refractivity contribution in [3.63, 3.8) is 0 Å². The summed E-state index contributed by atoms with van der Waals surface area (Å²) in [5.41, 5.74) is 0.609. The summed E-state index contributed by atoms with van der Waals surface area (Å²) >= 11 is 0. The molecule has 132 valence electrons. The van der Waals surface area contributed by atoms with Crippen LogP contribution in [0.5, 0.6) is 0 Å². The van der Waals surface area contributed by atoms with E-state index in [0.29, 0.717) is 37.1 Å². The summed E-state index contributed by atoms with van der Waals surface area (Å²) in [5.74, 6) is 0.729. The van der Waals surface area contributed by atoms with Gasteiger partial charge in [0.1, 0.15) is 11.6 Å². The number of hydrogen-bond acceptors (Lipinski definition) is 6. The molecule has 0 amide bonds. The van der Waals surface area contributed by atoms with Crippen molar-refractivity contribution in [1.82, 2.24) is 9.97 Å². The Bertz CT molecular complexity index is 727. The lowest BCUT2D eigenvalue weighted by Gasteiger charge is -2.37. The Kier molecular flexibility index (Phi) is 4.50. The smallest absolute Gasteiger partial charge is 0.227 e. The van der Waals surface area contributed by atoms with Gasteiger partial charge in [0.2, 0.25) is 5.95 Å². The van der Waals surface area contributed by atoms with Crippen LogP contribution in [0.4, 0.5) is 16.2 Å². The number of ether oxygens (including phenoxy) is 2. The summed E-state index contributed by atoms with van der Waals surface area (Å²) in [6.45, 7) is 3.30. The summed E-state index contributed by atoms with van der Waals surface area (Å²) in [6.07, 6.45) is 3.34. The largest absolute Gasteiger partial charge is 0.366 e. The zero-order chi connectivity index (χ0) is 17.1. The summed E-state index contributed by atoms with van der Waals surface area (Å²) in [7, 11) is 0. The predicted molar refractivity (Wildman–Crippen MR) is 91.8 cm³/mol. The van der Waals surface area contributed by atoms with Crippen LogP contribution in [-0.4, -0.2) is 42.1 Å². The van der Waals surface area contributed by atoms with Gasteiger partial charge in [0.15, 0.2) is 5.79 Å². The summed E-state index contributed by atoms with van der Waals surface area (Å²) in [5, 5.41) is 3.16. The molecule has 25 heavy (non-hydrogen) atoms. The zero-order valence-corrected chi connectivity index (χ0v) is 13.9. The maximum atomic E-state index is 13.7. The van der Waals surface area contributed by atoms with E-state index in [-0.39, 0.29) is 5.82 Å². The highest BCUT2D eigenvalue weighted by molar-refractivity contribution is 5.42. The van der Waals surface area contributed by atoms with Crippen molar-refractivity contribution in [2.45, 2.75) is 25.2 Å². The van der Waals surface area contributed by atoms with E-state index in [4.69, 9.17) is 9.47 Å². The molecular formula is C18H21FN4O2. The first-order valence-electron chi connectivity index (χ1n) is 8.57. The molecule has 2 aliphatic heterocycles. The molecule has 2 saturated heterocycles. The lowest BCUT2D eigenvalue weighted by Crippen LogP contribution is -2.45. The Balaban J connectivity index is 1.39. The van der Waals surface area contributed by atoms with Crippen LogP contribution in [0.15, 0.2) is 36.5 Å². The second-order valence-corrected chi connectivity index (χ2v) is 6.28. The van der Waals surface area contributed by atoms with Gasteiger partial charge in [0.05, 0.1) is 13.2 Å². The van der Waals surface area contributed by atoms with Gasteiger partial charge in [0.25, 0.3) is 0 Å². The summed E-state index contributed by atoms with van der Waals surface area (Å²) < 4.78 is 25.2. The third-order valence-corrected chi connectivity index (χ3v) is 4.68. The van der Waals surface area contributed by atoms with Crippen molar-refractivity contribution in [2.24, 2.45) is 0 Å². The van der Waals surface area contributed by atoms with E-state index >= 15 is 0 Å². The first-order chi connectivity index (χ1) is 12.2. The van der Waals surface area contributed by atoms with Crippen molar-refractivity contribution in [2.75, 3.05) is 36.5 Å². The maximum absolute atomic E-state index is 13.7. The number of piperidine rings is 1. The summed E-state index contributed by atoms with van der Waals surface area (Å²) in [6, 6.07) is 8.51. The molecule has 4 rings (SSSR count). The van der Waals surface area contributed by atoms with Gasteiger partial charge in [-0.05, 0) is 12.1 Å². The zero-order valence-electron chi connectivity index (χ0n) is 13.9. The normalized spacial score (nSPS) is 19.3. The molecular weight excluding hydrogens is 323 g/mol. The Morgan fingerprint density at radius 3 is 2.64 bits per heavy atom. The fourth-order valence-electron chi connectivity index (χ4n) is 3.26.